The van der Waals surface area contributed by atoms with Crippen molar-refractivity contribution >= 4 is 20.9 Å². The van der Waals surface area contributed by atoms with Crippen molar-refractivity contribution in [2.75, 3.05) is 6.54 Å². The molecule has 0 radical (unpaired) electrons. The first-order chi connectivity index (χ1) is 11.5. The summed E-state index contributed by atoms with van der Waals surface area (Å²) in [6, 6.07) is 15.8. The van der Waals surface area contributed by atoms with Gasteiger partial charge in [0.2, 0.25) is 10.0 Å². The van der Waals surface area contributed by atoms with E-state index in [1.807, 2.05) is 38.1 Å². The lowest BCUT2D eigenvalue weighted by Crippen LogP contribution is -2.38. The fourth-order valence-electron chi connectivity index (χ4n) is 3.57. The fourth-order valence-corrected chi connectivity index (χ4v) is 5.18. The van der Waals surface area contributed by atoms with Crippen LogP contribution in [0.25, 0.3) is 10.9 Å². The van der Waals surface area contributed by atoms with Gasteiger partial charge in [-0.2, -0.15) is 4.31 Å². The molecule has 124 valence electrons. The minimum atomic E-state index is -3.47. The average molecular weight is 340 g/mol. The zero-order valence-corrected chi connectivity index (χ0v) is 14.7. The number of nitrogens with zero attached hydrogens (tertiary/aromatic N) is 2. The molecule has 3 aromatic rings. The molecule has 2 heterocycles. The number of sulfonamides is 1. The smallest absolute Gasteiger partial charge is 0.243 e. The van der Waals surface area contributed by atoms with E-state index in [0.717, 1.165) is 16.8 Å². The topological polar surface area (TPSA) is 42.3 Å². The third-order valence-corrected chi connectivity index (χ3v) is 6.76. The summed E-state index contributed by atoms with van der Waals surface area (Å²) in [5.74, 6) is 0. The van der Waals surface area contributed by atoms with Gasteiger partial charge in [0.05, 0.1) is 11.4 Å². The van der Waals surface area contributed by atoms with E-state index < -0.39 is 10.0 Å². The third kappa shape index (κ3) is 2.36. The van der Waals surface area contributed by atoms with Crippen molar-refractivity contribution in [2.24, 2.45) is 0 Å². The second kappa shape index (κ2) is 5.46. The van der Waals surface area contributed by atoms with Crippen LogP contribution < -0.4 is 0 Å². The van der Waals surface area contributed by atoms with Crippen LogP contribution >= 0.6 is 0 Å². The molecule has 0 N–H and O–H groups in total. The van der Waals surface area contributed by atoms with Gasteiger partial charge >= 0.3 is 0 Å². The molecule has 0 saturated heterocycles. The molecule has 1 aromatic heterocycles. The molecule has 4 nitrogen and oxygen atoms in total. The Labute approximate surface area is 142 Å². The zero-order valence-electron chi connectivity index (χ0n) is 13.9. The van der Waals surface area contributed by atoms with Gasteiger partial charge < -0.3 is 4.57 Å². The van der Waals surface area contributed by atoms with E-state index in [-0.39, 0.29) is 0 Å². The summed E-state index contributed by atoms with van der Waals surface area (Å²) >= 11 is 0. The van der Waals surface area contributed by atoms with Crippen molar-refractivity contribution in [1.82, 2.24) is 8.87 Å². The zero-order chi connectivity index (χ0) is 16.9. The lowest BCUT2D eigenvalue weighted by Gasteiger charge is -2.28. The van der Waals surface area contributed by atoms with E-state index in [2.05, 4.69) is 22.8 Å². The van der Waals surface area contributed by atoms with Gasteiger partial charge in [0.15, 0.2) is 0 Å². The summed E-state index contributed by atoms with van der Waals surface area (Å²) in [5, 5.41) is 1.17. The molecule has 5 heteroatoms. The minimum absolute atomic E-state index is 0.415. The number of para-hydroxylation sites is 1. The predicted octanol–water partition coefficient (Wildman–Crippen LogP) is 3.46. The number of hydrogen-bond acceptors (Lipinski definition) is 2. The van der Waals surface area contributed by atoms with Gasteiger partial charge in [0.25, 0.3) is 0 Å². The van der Waals surface area contributed by atoms with Crippen molar-refractivity contribution in [1.29, 1.82) is 0 Å². The second-order valence-corrected chi connectivity index (χ2v) is 8.36. The van der Waals surface area contributed by atoms with Crippen LogP contribution in [0.15, 0.2) is 53.4 Å². The molecular formula is C19H20N2O2S. The van der Waals surface area contributed by atoms with Gasteiger partial charge in [-0.15, -0.1) is 0 Å². The number of aryl methyl sites for hydroxylation is 2. The maximum Gasteiger partial charge on any atom is 0.243 e. The summed E-state index contributed by atoms with van der Waals surface area (Å²) in [7, 11) is -3.47. The van der Waals surface area contributed by atoms with Crippen molar-refractivity contribution in [2.45, 2.75) is 31.8 Å². The Morgan fingerprint density at radius 1 is 0.958 bits per heavy atom. The van der Waals surface area contributed by atoms with Crippen molar-refractivity contribution in [3.05, 3.63) is 65.4 Å². The van der Waals surface area contributed by atoms with E-state index in [1.54, 1.807) is 10.4 Å². The summed E-state index contributed by atoms with van der Waals surface area (Å²) < 4.78 is 29.9. The lowest BCUT2D eigenvalue weighted by atomic mass is 10.2. The molecule has 0 bridgehead atoms. The van der Waals surface area contributed by atoms with Crippen LogP contribution in [-0.4, -0.2) is 23.8 Å². The Bertz CT molecular complexity index is 1030. The SMILES string of the molecule is Cc1ccc(S(=O)(=O)N2CCn3c(cc4ccccc43)C2)c(C)c1. The van der Waals surface area contributed by atoms with Gasteiger partial charge in [-0.1, -0.05) is 35.9 Å². The summed E-state index contributed by atoms with van der Waals surface area (Å²) in [5.41, 5.74) is 4.11. The molecule has 2 aromatic carbocycles. The summed E-state index contributed by atoms with van der Waals surface area (Å²) in [6.07, 6.45) is 0. The molecule has 0 fully saturated rings. The van der Waals surface area contributed by atoms with Crippen LogP contribution in [0.5, 0.6) is 0 Å². The van der Waals surface area contributed by atoms with Crippen LogP contribution in [0.3, 0.4) is 0 Å². The summed E-state index contributed by atoms with van der Waals surface area (Å²) in [6.45, 7) is 5.45. The Balaban J connectivity index is 1.73. The predicted molar refractivity (Wildman–Crippen MR) is 95.4 cm³/mol. The van der Waals surface area contributed by atoms with Gasteiger partial charge in [0, 0.05) is 24.3 Å². The molecule has 0 amide bonds. The molecule has 1 aliphatic rings. The standard InChI is InChI=1S/C19H20N2O2S/c1-14-7-8-19(15(2)11-14)24(22,23)20-9-10-21-17(13-20)12-16-5-3-4-6-18(16)21/h3-8,11-12H,9-10,13H2,1-2H3. The average Bonchev–Trinajstić information content (AvgIpc) is 2.92. The number of hydrogen-bond donors (Lipinski definition) is 0. The molecule has 0 atom stereocenters. The molecule has 0 saturated carbocycles. The Hall–Kier alpha value is -2.11. The first-order valence-electron chi connectivity index (χ1n) is 8.11. The minimum Gasteiger partial charge on any atom is -0.342 e. The highest BCUT2D eigenvalue weighted by atomic mass is 32.2. The Kier molecular flexibility index (Phi) is 3.51. The molecule has 0 spiro atoms. The highest BCUT2D eigenvalue weighted by Crippen LogP contribution is 2.28. The second-order valence-electron chi connectivity index (χ2n) is 6.45. The van der Waals surface area contributed by atoms with Crippen LogP contribution in [0.1, 0.15) is 16.8 Å². The highest BCUT2D eigenvalue weighted by Gasteiger charge is 2.30. The van der Waals surface area contributed by atoms with E-state index in [0.29, 0.717) is 24.5 Å². The molecule has 0 unspecified atom stereocenters. The Morgan fingerprint density at radius 3 is 2.54 bits per heavy atom. The van der Waals surface area contributed by atoms with Gasteiger partial charge in [0.1, 0.15) is 0 Å². The fraction of sp³-hybridized carbons (Fsp3) is 0.263. The van der Waals surface area contributed by atoms with Gasteiger partial charge in [-0.3, -0.25) is 0 Å². The largest absolute Gasteiger partial charge is 0.342 e. The highest BCUT2D eigenvalue weighted by molar-refractivity contribution is 7.89. The first kappa shape index (κ1) is 15.4. The van der Waals surface area contributed by atoms with Crippen molar-refractivity contribution in [3.63, 3.8) is 0 Å². The summed E-state index contributed by atoms with van der Waals surface area (Å²) in [4.78, 5) is 0.415. The molecule has 24 heavy (non-hydrogen) atoms. The van der Waals surface area contributed by atoms with E-state index in [1.165, 1.54) is 10.9 Å². The normalized spacial score (nSPS) is 15.6. The monoisotopic (exact) mass is 340 g/mol. The van der Waals surface area contributed by atoms with E-state index in [9.17, 15) is 8.42 Å². The van der Waals surface area contributed by atoms with Crippen molar-refractivity contribution in [3.8, 4) is 0 Å². The van der Waals surface area contributed by atoms with Crippen LogP contribution in [0.4, 0.5) is 0 Å². The number of benzene rings is 2. The molecular weight excluding hydrogens is 320 g/mol. The van der Waals surface area contributed by atoms with Crippen LogP contribution in [-0.2, 0) is 23.1 Å². The maximum absolute atomic E-state index is 13.1. The van der Waals surface area contributed by atoms with Crippen LogP contribution in [0, 0.1) is 13.8 Å². The quantitative estimate of drug-likeness (QED) is 0.717. The number of aromatic nitrogens is 1. The van der Waals surface area contributed by atoms with E-state index >= 15 is 0 Å². The van der Waals surface area contributed by atoms with Crippen molar-refractivity contribution < 1.29 is 8.42 Å². The van der Waals surface area contributed by atoms with E-state index in [4.69, 9.17) is 0 Å². The molecule has 0 aliphatic carbocycles. The first-order valence-corrected chi connectivity index (χ1v) is 9.55. The molecule has 1 aliphatic heterocycles. The molecule has 4 rings (SSSR count). The van der Waals surface area contributed by atoms with Gasteiger partial charge in [-0.25, -0.2) is 8.42 Å². The third-order valence-electron chi connectivity index (χ3n) is 4.76. The number of rotatable bonds is 2. The maximum atomic E-state index is 13.1. The number of fused-ring (bicyclic) bond motifs is 3. The van der Waals surface area contributed by atoms with Crippen LogP contribution in [0.2, 0.25) is 0 Å². The van der Waals surface area contributed by atoms with Gasteiger partial charge in [-0.05, 0) is 43.0 Å². The lowest BCUT2D eigenvalue weighted by molar-refractivity contribution is 0.345. The Morgan fingerprint density at radius 2 is 1.75 bits per heavy atom.